The third-order valence-electron chi connectivity index (χ3n) is 1.06. The van der Waals surface area contributed by atoms with E-state index in [0.717, 1.165) is 5.82 Å². The SMILES string of the molecule is NCC=CNc1cccnn1. The third kappa shape index (κ3) is 2.77. The van der Waals surface area contributed by atoms with Crippen LogP contribution in [-0.2, 0) is 0 Å². The summed E-state index contributed by atoms with van der Waals surface area (Å²) in [6, 6.07) is 3.64. The topological polar surface area (TPSA) is 63.8 Å². The molecule has 1 aromatic rings. The van der Waals surface area contributed by atoms with Crippen molar-refractivity contribution < 1.29 is 0 Å². The molecule has 58 valence electrons. The molecule has 0 radical (unpaired) electrons. The molecule has 4 nitrogen and oxygen atoms in total. The molecule has 0 saturated heterocycles. The molecule has 0 unspecified atom stereocenters. The zero-order valence-electron chi connectivity index (χ0n) is 6.07. The summed E-state index contributed by atoms with van der Waals surface area (Å²) in [5, 5.41) is 10.4. The molecule has 0 bridgehead atoms. The molecule has 0 spiro atoms. The second-order valence-corrected chi connectivity index (χ2v) is 1.89. The molecular formula is C7H10N4. The average Bonchev–Trinajstić information content (AvgIpc) is 2.07. The molecule has 0 aromatic carbocycles. The van der Waals surface area contributed by atoms with E-state index in [0.29, 0.717) is 6.54 Å². The van der Waals surface area contributed by atoms with Gasteiger partial charge in [-0.15, -0.1) is 5.10 Å². The summed E-state index contributed by atoms with van der Waals surface area (Å²) in [6.45, 7) is 0.521. The van der Waals surface area contributed by atoms with Crippen LogP contribution < -0.4 is 11.1 Å². The number of hydrogen-bond donors (Lipinski definition) is 2. The first-order valence-electron chi connectivity index (χ1n) is 3.33. The number of nitrogens with two attached hydrogens (primary N) is 1. The molecule has 11 heavy (non-hydrogen) atoms. The molecule has 1 rings (SSSR count). The van der Waals surface area contributed by atoms with Gasteiger partial charge in [-0.05, 0) is 18.3 Å². The highest BCUT2D eigenvalue weighted by Gasteiger charge is 1.84. The molecule has 3 N–H and O–H groups in total. The molecule has 0 aliphatic rings. The summed E-state index contributed by atoms with van der Waals surface area (Å²) in [7, 11) is 0. The number of anilines is 1. The van der Waals surface area contributed by atoms with Crippen LogP contribution in [0.4, 0.5) is 5.82 Å². The summed E-state index contributed by atoms with van der Waals surface area (Å²) in [6.07, 6.45) is 5.16. The Balaban J connectivity index is 2.45. The lowest BCUT2D eigenvalue weighted by atomic mass is 10.5. The lowest BCUT2D eigenvalue weighted by Gasteiger charge is -1.94. The van der Waals surface area contributed by atoms with Crippen molar-refractivity contribution in [3.8, 4) is 0 Å². The summed E-state index contributed by atoms with van der Waals surface area (Å²) in [5.41, 5.74) is 5.23. The van der Waals surface area contributed by atoms with Crippen molar-refractivity contribution in [3.63, 3.8) is 0 Å². The monoisotopic (exact) mass is 150 g/mol. The van der Waals surface area contributed by atoms with Gasteiger partial charge >= 0.3 is 0 Å². The van der Waals surface area contributed by atoms with E-state index in [-0.39, 0.29) is 0 Å². The maximum Gasteiger partial charge on any atom is 0.152 e. The molecule has 0 aliphatic heterocycles. The summed E-state index contributed by atoms with van der Waals surface area (Å²) in [5.74, 6) is 0.720. The molecule has 1 aromatic heterocycles. The fourth-order valence-corrected chi connectivity index (χ4v) is 0.591. The number of nitrogens with zero attached hydrogens (tertiary/aromatic N) is 2. The van der Waals surface area contributed by atoms with Gasteiger partial charge in [0.2, 0.25) is 0 Å². The first-order chi connectivity index (χ1) is 5.43. The molecule has 1 heterocycles. The van der Waals surface area contributed by atoms with E-state index >= 15 is 0 Å². The smallest absolute Gasteiger partial charge is 0.152 e. The van der Waals surface area contributed by atoms with Gasteiger partial charge in [-0.3, -0.25) is 0 Å². The number of nitrogens with one attached hydrogen (secondary N) is 1. The van der Waals surface area contributed by atoms with Crippen molar-refractivity contribution in [2.24, 2.45) is 5.73 Å². The zero-order chi connectivity index (χ0) is 7.94. The van der Waals surface area contributed by atoms with E-state index in [1.807, 2.05) is 12.1 Å². The summed E-state index contributed by atoms with van der Waals surface area (Å²) < 4.78 is 0. The van der Waals surface area contributed by atoms with Crippen molar-refractivity contribution in [2.45, 2.75) is 0 Å². The largest absolute Gasteiger partial charge is 0.345 e. The second kappa shape index (κ2) is 4.40. The molecule has 4 heteroatoms. The Bertz CT molecular complexity index is 219. The molecule has 0 amide bonds. The van der Waals surface area contributed by atoms with Gasteiger partial charge in [0.15, 0.2) is 5.82 Å². The zero-order valence-corrected chi connectivity index (χ0v) is 6.07. The second-order valence-electron chi connectivity index (χ2n) is 1.89. The van der Waals surface area contributed by atoms with Crippen LogP contribution in [0.2, 0.25) is 0 Å². The number of hydrogen-bond acceptors (Lipinski definition) is 4. The normalized spacial score (nSPS) is 10.3. The summed E-state index contributed by atoms with van der Waals surface area (Å²) >= 11 is 0. The Labute approximate surface area is 65.1 Å². The Morgan fingerprint density at radius 1 is 1.64 bits per heavy atom. The molecular weight excluding hydrogens is 140 g/mol. The fourth-order valence-electron chi connectivity index (χ4n) is 0.591. The predicted octanol–water partition coefficient (Wildman–Crippen LogP) is 0.361. The highest BCUT2D eigenvalue weighted by atomic mass is 15.2. The highest BCUT2D eigenvalue weighted by molar-refractivity contribution is 5.34. The Morgan fingerprint density at radius 3 is 3.18 bits per heavy atom. The number of rotatable bonds is 3. The Kier molecular flexibility index (Phi) is 3.08. The minimum Gasteiger partial charge on any atom is -0.345 e. The molecule has 0 saturated carbocycles. The van der Waals surface area contributed by atoms with Gasteiger partial charge in [-0.2, -0.15) is 5.10 Å². The minimum atomic E-state index is 0.521. The molecule has 0 atom stereocenters. The maximum absolute atomic E-state index is 5.23. The van der Waals surface area contributed by atoms with Crippen LogP contribution in [0.15, 0.2) is 30.6 Å². The van der Waals surface area contributed by atoms with E-state index < -0.39 is 0 Å². The maximum atomic E-state index is 5.23. The minimum absolute atomic E-state index is 0.521. The quantitative estimate of drug-likeness (QED) is 0.653. The van der Waals surface area contributed by atoms with Crippen molar-refractivity contribution in [1.29, 1.82) is 0 Å². The first kappa shape index (κ1) is 7.68. The number of aromatic nitrogens is 2. The van der Waals surface area contributed by atoms with Crippen LogP contribution in [0.1, 0.15) is 0 Å². The van der Waals surface area contributed by atoms with Crippen LogP contribution in [-0.4, -0.2) is 16.7 Å². The van der Waals surface area contributed by atoms with Crippen LogP contribution in [0.3, 0.4) is 0 Å². The van der Waals surface area contributed by atoms with Crippen molar-refractivity contribution in [2.75, 3.05) is 11.9 Å². The standard InChI is InChI=1S/C7H10N4/c8-4-2-5-9-7-3-1-6-10-11-7/h1-3,5-6H,4,8H2,(H,9,11). The van der Waals surface area contributed by atoms with Gasteiger partial charge in [0.25, 0.3) is 0 Å². The predicted molar refractivity (Wildman–Crippen MR) is 43.8 cm³/mol. The lowest BCUT2D eigenvalue weighted by molar-refractivity contribution is 1.03. The fraction of sp³-hybridized carbons (Fsp3) is 0.143. The van der Waals surface area contributed by atoms with Crippen LogP contribution >= 0.6 is 0 Å². The first-order valence-corrected chi connectivity index (χ1v) is 3.33. The Morgan fingerprint density at radius 2 is 2.55 bits per heavy atom. The van der Waals surface area contributed by atoms with Gasteiger partial charge in [-0.1, -0.05) is 6.08 Å². The van der Waals surface area contributed by atoms with Crippen molar-refractivity contribution in [3.05, 3.63) is 30.6 Å². The van der Waals surface area contributed by atoms with Gasteiger partial charge < -0.3 is 11.1 Å². The van der Waals surface area contributed by atoms with Crippen LogP contribution in [0.25, 0.3) is 0 Å². The highest BCUT2D eigenvalue weighted by Crippen LogP contribution is 1.96. The molecule has 0 fully saturated rings. The third-order valence-corrected chi connectivity index (χ3v) is 1.06. The van der Waals surface area contributed by atoms with Crippen LogP contribution in [0, 0.1) is 0 Å². The lowest BCUT2D eigenvalue weighted by Crippen LogP contribution is -1.96. The van der Waals surface area contributed by atoms with E-state index in [1.165, 1.54) is 0 Å². The van der Waals surface area contributed by atoms with E-state index in [9.17, 15) is 0 Å². The average molecular weight is 150 g/mol. The van der Waals surface area contributed by atoms with E-state index in [4.69, 9.17) is 5.73 Å². The van der Waals surface area contributed by atoms with E-state index in [2.05, 4.69) is 15.5 Å². The van der Waals surface area contributed by atoms with Gasteiger partial charge in [0.1, 0.15) is 0 Å². The van der Waals surface area contributed by atoms with Gasteiger partial charge in [0, 0.05) is 12.7 Å². The van der Waals surface area contributed by atoms with Gasteiger partial charge in [-0.25, -0.2) is 0 Å². The van der Waals surface area contributed by atoms with Gasteiger partial charge in [0.05, 0.1) is 0 Å². The van der Waals surface area contributed by atoms with Crippen LogP contribution in [0.5, 0.6) is 0 Å². The molecule has 0 aliphatic carbocycles. The van der Waals surface area contributed by atoms with Crippen molar-refractivity contribution in [1.82, 2.24) is 10.2 Å². The summed E-state index contributed by atoms with van der Waals surface area (Å²) in [4.78, 5) is 0. The Hall–Kier alpha value is -1.42. The van der Waals surface area contributed by atoms with E-state index in [1.54, 1.807) is 18.5 Å². The van der Waals surface area contributed by atoms with Crippen molar-refractivity contribution >= 4 is 5.82 Å².